The maximum absolute atomic E-state index is 13.6. The minimum Gasteiger partial charge on any atom is -0.598 e. The molecule has 1 rings (SSSR count). The number of hydrogen-bond acceptors (Lipinski definition) is 2. The zero-order chi connectivity index (χ0) is 13.2. The van der Waals surface area contributed by atoms with Gasteiger partial charge in [0.1, 0.15) is 10.6 Å². The van der Waals surface area contributed by atoms with E-state index in [1.54, 1.807) is 12.1 Å². The number of aryl methyl sites for hydroxylation is 1. The molecule has 0 radical (unpaired) electrons. The minimum absolute atomic E-state index is 0.262. The highest BCUT2D eigenvalue weighted by molar-refractivity contribution is 7.90. The molecule has 4 heteroatoms. The van der Waals surface area contributed by atoms with Crippen molar-refractivity contribution < 1.29 is 8.94 Å². The molecule has 0 spiro atoms. The Morgan fingerprint density at radius 1 is 1.35 bits per heavy atom. The molecule has 0 aliphatic carbocycles. The number of benzene rings is 1. The first-order valence-corrected chi connectivity index (χ1v) is 6.81. The smallest absolute Gasteiger partial charge is 0.136 e. The third-order valence-electron chi connectivity index (χ3n) is 2.46. The first-order chi connectivity index (χ1) is 7.71. The van der Waals surface area contributed by atoms with Gasteiger partial charge in [-0.2, -0.15) is 0 Å². The first kappa shape index (κ1) is 14.5. The third-order valence-corrected chi connectivity index (χ3v) is 4.14. The standard InChI is InChI=1S/C13H20FNOS/c1-9-6-7-12(14)11(8-9)10(2)15-17(16)13(3,4)5/h6-8,10,15H,1-5H3/t10?,17-/m1/s1. The second-order valence-corrected chi connectivity index (χ2v) is 7.24. The van der Waals surface area contributed by atoms with Crippen LogP contribution in [0.4, 0.5) is 4.39 Å². The van der Waals surface area contributed by atoms with Crippen molar-refractivity contribution in [1.82, 2.24) is 4.72 Å². The second-order valence-electron chi connectivity index (χ2n) is 5.25. The zero-order valence-electron chi connectivity index (χ0n) is 11.0. The normalized spacial score (nSPS) is 15.7. The van der Waals surface area contributed by atoms with Crippen LogP contribution in [-0.2, 0) is 11.4 Å². The van der Waals surface area contributed by atoms with Crippen LogP contribution < -0.4 is 4.72 Å². The van der Waals surface area contributed by atoms with Gasteiger partial charge in [0.2, 0.25) is 0 Å². The van der Waals surface area contributed by atoms with Crippen molar-refractivity contribution in [1.29, 1.82) is 0 Å². The molecule has 1 N–H and O–H groups in total. The molecular weight excluding hydrogens is 237 g/mol. The Morgan fingerprint density at radius 3 is 2.47 bits per heavy atom. The van der Waals surface area contributed by atoms with E-state index in [1.165, 1.54) is 6.07 Å². The summed E-state index contributed by atoms with van der Waals surface area (Å²) in [7, 11) is 0. The molecule has 17 heavy (non-hydrogen) atoms. The summed E-state index contributed by atoms with van der Waals surface area (Å²) in [6.07, 6.45) is 0. The summed E-state index contributed by atoms with van der Waals surface area (Å²) in [6, 6.07) is 4.69. The molecule has 0 aliphatic heterocycles. The SMILES string of the molecule is Cc1ccc(F)c(C(C)N[S@+]([O-])C(C)(C)C)c1. The van der Waals surface area contributed by atoms with Crippen LogP contribution >= 0.6 is 0 Å². The van der Waals surface area contributed by atoms with Crippen LogP contribution in [0.5, 0.6) is 0 Å². The van der Waals surface area contributed by atoms with Gasteiger partial charge in [-0.05, 0) is 40.7 Å². The molecule has 0 heterocycles. The van der Waals surface area contributed by atoms with Crippen LogP contribution in [0.3, 0.4) is 0 Å². The van der Waals surface area contributed by atoms with Crippen LogP contribution in [0.15, 0.2) is 18.2 Å². The van der Waals surface area contributed by atoms with Gasteiger partial charge in [0.05, 0.1) is 6.04 Å². The minimum atomic E-state index is -1.20. The molecule has 0 saturated carbocycles. The van der Waals surface area contributed by atoms with Crippen LogP contribution in [-0.4, -0.2) is 9.30 Å². The summed E-state index contributed by atoms with van der Waals surface area (Å²) in [5.41, 5.74) is 1.55. The highest BCUT2D eigenvalue weighted by Gasteiger charge is 2.28. The molecule has 0 saturated heterocycles. The highest BCUT2D eigenvalue weighted by atomic mass is 32.2. The van der Waals surface area contributed by atoms with Gasteiger partial charge >= 0.3 is 0 Å². The van der Waals surface area contributed by atoms with E-state index >= 15 is 0 Å². The predicted octanol–water partition coefficient (Wildman–Crippen LogP) is 3.25. The van der Waals surface area contributed by atoms with Gasteiger partial charge in [-0.25, -0.2) is 4.39 Å². The Balaban J connectivity index is 2.83. The topological polar surface area (TPSA) is 35.1 Å². The molecule has 0 aliphatic rings. The summed E-state index contributed by atoms with van der Waals surface area (Å²) < 4.78 is 28.1. The summed E-state index contributed by atoms with van der Waals surface area (Å²) in [6.45, 7) is 9.39. The van der Waals surface area contributed by atoms with Gasteiger partial charge < -0.3 is 4.55 Å². The molecule has 0 fully saturated rings. The number of hydrogen-bond donors (Lipinski definition) is 1. The maximum Gasteiger partial charge on any atom is 0.136 e. The molecule has 2 atom stereocenters. The molecule has 1 unspecified atom stereocenters. The molecular formula is C13H20FNOS. The van der Waals surface area contributed by atoms with Gasteiger partial charge in [0.25, 0.3) is 0 Å². The Labute approximate surface area is 106 Å². The lowest BCUT2D eigenvalue weighted by molar-refractivity contribution is 0.522. The van der Waals surface area contributed by atoms with Crippen LogP contribution in [0.1, 0.15) is 44.9 Å². The largest absolute Gasteiger partial charge is 0.598 e. The van der Waals surface area contributed by atoms with Crippen LogP contribution in [0, 0.1) is 12.7 Å². The Kier molecular flexibility index (Phi) is 4.58. The van der Waals surface area contributed by atoms with Gasteiger partial charge in [0.15, 0.2) is 0 Å². The number of halogens is 1. The van der Waals surface area contributed by atoms with Gasteiger partial charge in [0, 0.05) is 16.9 Å². The van der Waals surface area contributed by atoms with Gasteiger partial charge in [-0.15, -0.1) is 4.72 Å². The van der Waals surface area contributed by atoms with E-state index in [-0.39, 0.29) is 16.6 Å². The Morgan fingerprint density at radius 2 is 1.94 bits per heavy atom. The quantitative estimate of drug-likeness (QED) is 0.844. The lowest BCUT2D eigenvalue weighted by Crippen LogP contribution is -2.40. The third kappa shape index (κ3) is 3.98. The van der Waals surface area contributed by atoms with E-state index in [9.17, 15) is 8.94 Å². The van der Waals surface area contributed by atoms with E-state index in [4.69, 9.17) is 0 Å². The number of nitrogens with one attached hydrogen (secondary N) is 1. The fraction of sp³-hybridized carbons (Fsp3) is 0.538. The molecule has 0 amide bonds. The zero-order valence-corrected chi connectivity index (χ0v) is 11.8. The van der Waals surface area contributed by atoms with Crippen molar-refractivity contribution in [2.75, 3.05) is 0 Å². The van der Waals surface area contributed by atoms with Crippen molar-refractivity contribution in [3.8, 4) is 0 Å². The first-order valence-electron chi connectivity index (χ1n) is 5.66. The van der Waals surface area contributed by atoms with Crippen molar-refractivity contribution in [3.05, 3.63) is 35.1 Å². The fourth-order valence-corrected chi connectivity index (χ4v) is 2.20. The Hall–Kier alpha value is -0.580. The summed E-state index contributed by atoms with van der Waals surface area (Å²) in [5, 5.41) is 0. The van der Waals surface area contributed by atoms with Crippen molar-refractivity contribution in [2.45, 2.75) is 45.4 Å². The maximum atomic E-state index is 13.6. The monoisotopic (exact) mass is 257 g/mol. The summed E-state index contributed by atoms with van der Waals surface area (Å²) in [5.74, 6) is -0.262. The molecule has 0 bridgehead atoms. The van der Waals surface area contributed by atoms with Crippen molar-refractivity contribution in [3.63, 3.8) is 0 Å². The van der Waals surface area contributed by atoms with E-state index in [1.807, 2.05) is 34.6 Å². The molecule has 0 aromatic heterocycles. The van der Waals surface area contributed by atoms with Crippen LogP contribution in [0.25, 0.3) is 0 Å². The van der Waals surface area contributed by atoms with Gasteiger partial charge in [-0.3, -0.25) is 0 Å². The molecule has 2 nitrogen and oxygen atoms in total. The predicted molar refractivity (Wildman–Crippen MR) is 70.6 cm³/mol. The van der Waals surface area contributed by atoms with Crippen molar-refractivity contribution in [2.24, 2.45) is 0 Å². The van der Waals surface area contributed by atoms with E-state index in [2.05, 4.69) is 4.72 Å². The van der Waals surface area contributed by atoms with E-state index in [0.29, 0.717) is 5.56 Å². The lowest BCUT2D eigenvalue weighted by Gasteiger charge is -2.26. The fourth-order valence-electron chi connectivity index (χ4n) is 1.40. The van der Waals surface area contributed by atoms with E-state index in [0.717, 1.165) is 5.56 Å². The Bertz CT molecular complexity index is 389. The van der Waals surface area contributed by atoms with E-state index < -0.39 is 11.4 Å². The summed E-state index contributed by atoms with van der Waals surface area (Å²) in [4.78, 5) is 0. The average Bonchev–Trinajstić information content (AvgIpc) is 2.20. The van der Waals surface area contributed by atoms with Crippen molar-refractivity contribution >= 4 is 11.4 Å². The molecule has 96 valence electrons. The summed E-state index contributed by atoms with van der Waals surface area (Å²) >= 11 is -1.20. The lowest BCUT2D eigenvalue weighted by atomic mass is 10.1. The van der Waals surface area contributed by atoms with Gasteiger partial charge in [-0.1, -0.05) is 17.7 Å². The van der Waals surface area contributed by atoms with Crippen LogP contribution in [0.2, 0.25) is 0 Å². The molecule has 1 aromatic rings. The second kappa shape index (κ2) is 5.38. The average molecular weight is 257 g/mol. The molecule has 1 aromatic carbocycles. The highest BCUT2D eigenvalue weighted by Crippen LogP contribution is 2.22. The number of rotatable bonds is 3.